The van der Waals surface area contributed by atoms with Crippen molar-refractivity contribution in [1.82, 2.24) is 0 Å². The molecule has 94 valence electrons. The van der Waals surface area contributed by atoms with E-state index in [1.807, 2.05) is 19.2 Å². The summed E-state index contributed by atoms with van der Waals surface area (Å²) in [6.07, 6.45) is 3.72. The molecule has 0 aliphatic heterocycles. The zero-order valence-corrected chi connectivity index (χ0v) is 12.4. The molecule has 0 aliphatic carbocycles. The third-order valence-corrected chi connectivity index (χ3v) is 2.70. The maximum atomic E-state index is 11.4. The smallest absolute Gasteiger partial charge is 0.371 e. The lowest BCUT2D eigenvalue weighted by atomic mass is 9.90. The minimum atomic E-state index is -1.25. The van der Waals surface area contributed by atoms with Crippen LogP contribution in [0.2, 0.25) is 13.1 Å². The maximum Gasteiger partial charge on any atom is 0.371 e. The Morgan fingerprint density at radius 1 is 1.31 bits per heavy atom. The third-order valence-electron chi connectivity index (χ3n) is 1.97. The Kier molecular flexibility index (Phi) is 6.41. The second-order valence-corrected chi connectivity index (χ2v) is 7.66. The maximum absolute atomic E-state index is 11.4. The predicted molar refractivity (Wildman–Crippen MR) is 68.8 cm³/mol. The summed E-state index contributed by atoms with van der Waals surface area (Å²) in [5.74, 6) is 0.0172. The SMILES string of the molecule is COC(=O)/C(=C/CCC(C)(C)C)O[SiH](C)C. The van der Waals surface area contributed by atoms with Crippen LogP contribution in [-0.2, 0) is 14.0 Å². The number of esters is 1. The summed E-state index contributed by atoms with van der Waals surface area (Å²) in [6.45, 7) is 10.6. The van der Waals surface area contributed by atoms with Crippen LogP contribution in [0.1, 0.15) is 33.6 Å². The van der Waals surface area contributed by atoms with E-state index in [-0.39, 0.29) is 11.4 Å². The van der Waals surface area contributed by atoms with Crippen LogP contribution in [-0.4, -0.2) is 22.1 Å². The van der Waals surface area contributed by atoms with Gasteiger partial charge in [0.25, 0.3) is 0 Å². The average molecular weight is 244 g/mol. The van der Waals surface area contributed by atoms with Crippen molar-refractivity contribution < 1.29 is 14.0 Å². The van der Waals surface area contributed by atoms with E-state index in [1.165, 1.54) is 7.11 Å². The summed E-state index contributed by atoms with van der Waals surface area (Å²) in [4.78, 5) is 11.4. The lowest BCUT2D eigenvalue weighted by Crippen LogP contribution is -2.15. The second-order valence-electron chi connectivity index (χ2n) is 5.33. The van der Waals surface area contributed by atoms with Gasteiger partial charge in [-0.05, 0) is 37.4 Å². The van der Waals surface area contributed by atoms with E-state index in [0.29, 0.717) is 5.76 Å². The van der Waals surface area contributed by atoms with Crippen LogP contribution in [0.15, 0.2) is 11.8 Å². The first-order valence-electron chi connectivity index (χ1n) is 5.71. The highest BCUT2D eigenvalue weighted by molar-refractivity contribution is 6.49. The Morgan fingerprint density at radius 3 is 2.25 bits per heavy atom. The fraction of sp³-hybridized carbons (Fsp3) is 0.750. The standard InChI is InChI=1S/C12H24O3Si/c1-12(2,3)9-7-8-10(11(13)14-4)15-16(5)6/h8,16H,7,9H2,1-6H3/b10-8-. The highest BCUT2D eigenvalue weighted by Gasteiger charge is 2.14. The lowest BCUT2D eigenvalue weighted by molar-refractivity contribution is -0.138. The quantitative estimate of drug-likeness (QED) is 0.323. The minimum absolute atomic E-state index is 0.271. The number of hydrogen-bond donors (Lipinski definition) is 0. The largest absolute Gasteiger partial charge is 0.542 e. The van der Waals surface area contributed by atoms with Gasteiger partial charge < -0.3 is 9.16 Å². The van der Waals surface area contributed by atoms with Gasteiger partial charge in [0.05, 0.1) is 7.11 Å². The van der Waals surface area contributed by atoms with E-state index in [9.17, 15) is 4.79 Å². The summed E-state index contributed by atoms with van der Waals surface area (Å²) in [6, 6.07) is 0. The molecule has 0 saturated heterocycles. The molecule has 0 aromatic carbocycles. The van der Waals surface area contributed by atoms with Crippen LogP contribution in [0, 0.1) is 5.41 Å². The summed E-state index contributed by atoms with van der Waals surface area (Å²) >= 11 is 0. The highest BCUT2D eigenvalue weighted by Crippen LogP contribution is 2.21. The molecule has 0 radical (unpaired) electrons. The van der Waals surface area contributed by atoms with Gasteiger partial charge in [0, 0.05) is 0 Å². The number of rotatable bonds is 5. The van der Waals surface area contributed by atoms with Crippen molar-refractivity contribution >= 4 is 15.0 Å². The Labute approximate surface area is 101 Å². The van der Waals surface area contributed by atoms with Gasteiger partial charge in [-0.15, -0.1) is 0 Å². The van der Waals surface area contributed by atoms with Gasteiger partial charge in [-0.3, -0.25) is 0 Å². The van der Waals surface area contributed by atoms with Crippen LogP contribution >= 0.6 is 0 Å². The number of ether oxygens (including phenoxy) is 1. The van der Waals surface area contributed by atoms with Gasteiger partial charge >= 0.3 is 5.97 Å². The summed E-state index contributed by atoms with van der Waals surface area (Å²) in [7, 11) is 0.128. The molecule has 0 heterocycles. The molecule has 3 nitrogen and oxygen atoms in total. The minimum Gasteiger partial charge on any atom is -0.542 e. The first-order valence-corrected chi connectivity index (χ1v) is 8.49. The van der Waals surface area contributed by atoms with Gasteiger partial charge in [-0.2, -0.15) is 0 Å². The first-order chi connectivity index (χ1) is 7.26. The van der Waals surface area contributed by atoms with Crippen molar-refractivity contribution in [2.45, 2.75) is 46.7 Å². The number of methoxy groups -OCH3 is 1. The fourth-order valence-corrected chi connectivity index (χ4v) is 1.87. The Morgan fingerprint density at radius 2 is 1.88 bits per heavy atom. The van der Waals surface area contributed by atoms with Gasteiger partial charge in [-0.25, -0.2) is 4.79 Å². The molecule has 0 saturated carbocycles. The molecule has 0 N–H and O–H groups in total. The van der Waals surface area contributed by atoms with E-state index in [1.54, 1.807) is 0 Å². The van der Waals surface area contributed by atoms with E-state index >= 15 is 0 Å². The highest BCUT2D eigenvalue weighted by atomic mass is 28.3. The van der Waals surface area contributed by atoms with Gasteiger partial charge in [0.2, 0.25) is 9.04 Å². The molecule has 4 heteroatoms. The molecule has 0 atom stereocenters. The molecule has 0 aliphatic rings. The number of carbonyl (C=O) groups is 1. The van der Waals surface area contributed by atoms with Crippen LogP contribution in [0.25, 0.3) is 0 Å². The van der Waals surface area contributed by atoms with Crippen LogP contribution < -0.4 is 0 Å². The molecule has 0 aromatic rings. The van der Waals surface area contributed by atoms with Crippen molar-refractivity contribution in [1.29, 1.82) is 0 Å². The Bertz CT molecular complexity index is 251. The van der Waals surface area contributed by atoms with Crippen molar-refractivity contribution in [3.05, 3.63) is 11.8 Å². The topological polar surface area (TPSA) is 35.5 Å². The van der Waals surface area contributed by atoms with E-state index in [4.69, 9.17) is 4.43 Å². The van der Waals surface area contributed by atoms with Gasteiger partial charge in [0.1, 0.15) is 0 Å². The number of hydrogen-bond acceptors (Lipinski definition) is 3. The molecule has 0 fully saturated rings. The van der Waals surface area contributed by atoms with Crippen LogP contribution in [0.3, 0.4) is 0 Å². The van der Waals surface area contributed by atoms with Crippen molar-refractivity contribution in [3.8, 4) is 0 Å². The van der Waals surface area contributed by atoms with E-state index in [2.05, 4.69) is 25.5 Å². The number of carbonyl (C=O) groups excluding carboxylic acids is 1. The molecule has 0 amide bonds. The average Bonchev–Trinajstić information content (AvgIpc) is 2.12. The number of allylic oxidation sites excluding steroid dienone is 1. The summed E-state index contributed by atoms with van der Waals surface area (Å²) in [5.41, 5.74) is 0.271. The summed E-state index contributed by atoms with van der Waals surface area (Å²) < 4.78 is 10.2. The van der Waals surface area contributed by atoms with Gasteiger partial charge in [0.15, 0.2) is 5.76 Å². The second kappa shape index (κ2) is 6.73. The lowest BCUT2D eigenvalue weighted by Gasteiger charge is -2.17. The first kappa shape index (κ1) is 15.2. The molecular formula is C12H24O3Si. The van der Waals surface area contributed by atoms with E-state index in [0.717, 1.165) is 12.8 Å². The van der Waals surface area contributed by atoms with E-state index < -0.39 is 9.04 Å². The predicted octanol–water partition coefficient (Wildman–Crippen LogP) is 2.87. The molecule has 16 heavy (non-hydrogen) atoms. The normalized spacial score (nSPS) is 12.8. The Hall–Kier alpha value is -0.773. The van der Waals surface area contributed by atoms with Gasteiger partial charge in [-0.1, -0.05) is 20.8 Å². The zero-order chi connectivity index (χ0) is 12.8. The molecule has 0 rings (SSSR count). The Balaban J connectivity index is 4.39. The van der Waals surface area contributed by atoms with Crippen LogP contribution in [0.4, 0.5) is 0 Å². The zero-order valence-electron chi connectivity index (χ0n) is 11.3. The fourth-order valence-electron chi connectivity index (χ4n) is 1.17. The van der Waals surface area contributed by atoms with Crippen molar-refractivity contribution in [3.63, 3.8) is 0 Å². The third kappa shape index (κ3) is 7.51. The monoisotopic (exact) mass is 244 g/mol. The molecule has 0 bridgehead atoms. The molecule has 0 spiro atoms. The summed E-state index contributed by atoms with van der Waals surface area (Å²) in [5, 5.41) is 0. The molecule has 0 unspecified atom stereocenters. The molecular weight excluding hydrogens is 220 g/mol. The van der Waals surface area contributed by atoms with Crippen molar-refractivity contribution in [2.75, 3.05) is 7.11 Å². The van der Waals surface area contributed by atoms with Crippen molar-refractivity contribution in [2.24, 2.45) is 5.41 Å². The van der Waals surface area contributed by atoms with Crippen LogP contribution in [0.5, 0.6) is 0 Å². The molecule has 0 aromatic heterocycles.